The van der Waals surface area contributed by atoms with Crippen LogP contribution in [0.3, 0.4) is 0 Å². The van der Waals surface area contributed by atoms with Crippen molar-refractivity contribution in [3.63, 3.8) is 0 Å². The molecule has 5 rings (SSSR count). The zero-order chi connectivity index (χ0) is 57.1. The Labute approximate surface area is 457 Å². The second kappa shape index (κ2) is 29.5. The lowest BCUT2D eigenvalue weighted by atomic mass is 9.77. The van der Waals surface area contributed by atoms with Gasteiger partial charge in [0.25, 0.3) is 0 Å². The summed E-state index contributed by atoms with van der Waals surface area (Å²) in [5, 5.41) is 68.5. The van der Waals surface area contributed by atoms with Crippen molar-refractivity contribution in [3.05, 3.63) is 58.7 Å². The number of cyclic esters (lactones) is 1. The van der Waals surface area contributed by atoms with Crippen molar-refractivity contribution in [2.75, 3.05) is 35.0 Å². The Hall–Kier alpha value is -2.51. The van der Waals surface area contributed by atoms with Gasteiger partial charge < -0.3 is 87.5 Å². The summed E-state index contributed by atoms with van der Waals surface area (Å²) in [7, 11) is 6.12. The van der Waals surface area contributed by atoms with Crippen LogP contribution in [-0.4, -0.2) is 193 Å². The van der Waals surface area contributed by atoms with Gasteiger partial charge in [0, 0.05) is 83.9 Å². The molecule has 6 N–H and O–H groups in total. The van der Waals surface area contributed by atoms with Gasteiger partial charge in [0.15, 0.2) is 24.7 Å². The molecule has 19 nitrogen and oxygen atoms in total. The van der Waals surface area contributed by atoms with E-state index in [0.717, 1.165) is 23.1 Å². The number of esters is 1. The van der Waals surface area contributed by atoms with E-state index >= 15 is 0 Å². The molecule has 0 radical (unpaired) electrons. The molecule has 0 saturated carbocycles. The summed E-state index contributed by atoms with van der Waals surface area (Å²) in [4.78, 5) is 14.1. The first kappa shape index (κ1) is 65.3. The Morgan fingerprint density at radius 1 is 0.766 bits per heavy atom. The molecule has 19 heteroatoms. The fourth-order valence-corrected chi connectivity index (χ4v) is 11.6. The van der Waals surface area contributed by atoms with Crippen molar-refractivity contribution in [1.29, 1.82) is 0 Å². The third kappa shape index (κ3) is 17.7. The highest BCUT2D eigenvalue weighted by Crippen LogP contribution is 2.43. The minimum atomic E-state index is -1.96. The summed E-state index contributed by atoms with van der Waals surface area (Å²) in [6, 6.07) is 0. The molecule has 0 bridgehead atoms. The van der Waals surface area contributed by atoms with Gasteiger partial charge in [-0.3, -0.25) is 0 Å². The predicted octanol–water partition coefficient (Wildman–Crippen LogP) is 5.65. The van der Waals surface area contributed by atoms with Crippen LogP contribution in [-0.2, 0) is 61.6 Å². The third-order valence-corrected chi connectivity index (χ3v) is 16.1. The van der Waals surface area contributed by atoms with Crippen LogP contribution in [0.4, 0.5) is 0 Å². The normalized spacial score (nSPS) is 43.1. The number of carbonyl (C=O) groups excluding carboxylic acids is 1. The number of allylic oxidation sites excluding steroid dienone is 7. The summed E-state index contributed by atoms with van der Waals surface area (Å²) >= 11 is 0. The van der Waals surface area contributed by atoms with Gasteiger partial charge in [-0.1, -0.05) is 67.9 Å². The molecule has 23 atom stereocenters. The van der Waals surface area contributed by atoms with E-state index in [0.29, 0.717) is 18.4 Å². The minimum absolute atomic E-state index is 0.0345. The second-order valence-electron chi connectivity index (χ2n) is 22.8. The van der Waals surface area contributed by atoms with E-state index in [-0.39, 0.29) is 50.7 Å². The van der Waals surface area contributed by atoms with Gasteiger partial charge in [-0.2, -0.15) is 0 Å². The third-order valence-electron chi connectivity index (χ3n) is 16.1. The molecule has 5 aliphatic heterocycles. The van der Waals surface area contributed by atoms with Crippen LogP contribution in [0.5, 0.6) is 0 Å². The molecule has 0 spiro atoms. The quantitative estimate of drug-likeness (QED) is 0.109. The number of hydrogen-bond donors (Lipinski definition) is 6. The molecule has 0 unspecified atom stereocenters. The van der Waals surface area contributed by atoms with Gasteiger partial charge >= 0.3 is 5.97 Å². The molecule has 77 heavy (non-hydrogen) atoms. The lowest BCUT2D eigenvalue weighted by Crippen LogP contribution is -2.60. The van der Waals surface area contributed by atoms with Crippen LogP contribution in [0.25, 0.3) is 0 Å². The molecule has 5 aliphatic rings. The van der Waals surface area contributed by atoms with Crippen LogP contribution >= 0.6 is 0 Å². The Morgan fingerprint density at radius 2 is 1.47 bits per heavy atom. The average Bonchev–Trinajstić information content (AvgIpc) is 3.35. The van der Waals surface area contributed by atoms with E-state index in [9.17, 15) is 35.4 Å². The average molecular weight is 1100 g/mol. The topological polar surface area (TPSA) is 249 Å². The van der Waals surface area contributed by atoms with E-state index in [1.807, 2.05) is 58.9 Å². The van der Waals surface area contributed by atoms with Gasteiger partial charge in [-0.25, -0.2) is 4.79 Å². The zero-order valence-corrected chi connectivity index (χ0v) is 48.4. The number of methoxy groups -OCH3 is 4. The number of hydrogen-bond acceptors (Lipinski definition) is 19. The van der Waals surface area contributed by atoms with Crippen molar-refractivity contribution in [2.45, 2.75) is 249 Å². The first-order valence-electron chi connectivity index (χ1n) is 27.7. The Balaban J connectivity index is 1.33. The summed E-state index contributed by atoms with van der Waals surface area (Å²) < 4.78 is 72.9. The summed E-state index contributed by atoms with van der Waals surface area (Å²) in [6.45, 7) is 20.1. The van der Waals surface area contributed by atoms with Crippen molar-refractivity contribution in [2.24, 2.45) is 17.8 Å². The van der Waals surface area contributed by atoms with Gasteiger partial charge in [-0.05, 0) is 80.7 Å². The van der Waals surface area contributed by atoms with Crippen molar-refractivity contribution < 1.29 is 92.3 Å². The number of aliphatic hydroxyl groups is 6. The van der Waals surface area contributed by atoms with Crippen molar-refractivity contribution in [1.82, 2.24) is 0 Å². The molecule has 442 valence electrons. The van der Waals surface area contributed by atoms with Crippen LogP contribution in [0.15, 0.2) is 58.7 Å². The van der Waals surface area contributed by atoms with Crippen LogP contribution < -0.4 is 0 Å². The smallest absolute Gasteiger partial charge is 0.333 e. The lowest BCUT2D eigenvalue weighted by Gasteiger charge is -2.50. The molecule has 4 saturated heterocycles. The Kier molecular flexibility index (Phi) is 25.0. The fraction of sp³-hybridized carbons (Fsp3) is 0.810. The van der Waals surface area contributed by atoms with E-state index < -0.39 is 134 Å². The van der Waals surface area contributed by atoms with E-state index in [2.05, 4.69) is 6.08 Å². The fourth-order valence-electron chi connectivity index (χ4n) is 11.6. The summed E-state index contributed by atoms with van der Waals surface area (Å²) in [5.74, 6) is -4.04. The van der Waals surface area contributed by atoms with Gasteiger partial charge in [0.05, 0.1) is 67.1 Å². The van der Waals surface area contributed by atoms with Gasteiger partial charge in [0.1, 0.15) is 36.6 Å². The maximum absolute atomic E-state index is 14.1. The highest BCUT2D eigenvalue weighted by Gasteiger charge is 2.53. The number of ether oxygens (including phenoxy) is 12. The molecule has 0 aromatic carbocycles. The molecule has 0 aromatic heterocycles. The van der Waals surface area contributed by atoms with E-state index in [4.69, 9.17) is 56.8 Å². The second-order valence-corrected chi connectivity index (χ2v) is 22.8. The highest BCUT2D eigenvalue weighted by atomic mass is 16.7. The minimum Gasteiger partial charge on any atom is -0.459 e. The lowest BCUT2D eigenvalue weighted by molar-refractivity contribution is -0.343. The maximum Gasteiger partial charge on any atom is 0.333 e. The van der Waals surface area contributed by atoms with Crippen LogP contribution in [0, 0.1) is 17.8 Å². The monoisotopic (exact) mass is 1100 g/mol. The SMILES string of the molecule is COC[C@@H](C[C@H]1O[C@@](O)(C[C@@H]2C[C@H](OC)CCCC=C(C)C=C[C@@H](O[C@@H]3O[C@@H](C)[C@H](OC)[C@@H](O)[C@@H]3O)[C@H](C)C=C(C)C=C(C)C=C(C)C(=O)O2)[C@H](C)[C@@H](O)[C@H]1C)O[C@H]1C[C@](C)(O)[C@@H](O[C@H]2C[C@@H](OC)[C@H](O)[C@@H](C)O2)[C@H](C)O1. The molecular weight excluding hydrogens is 1000 g/mol. The predicted molar refractivity (Wildman–Crippen MR) is 285 cm³/mol. The number of aliphatic hydroxyl groups excluding tert-OH is 4. The zero-order valence-electron chi connectivity index (χ0n) is 48.4. The molecule has 0 aromatic rings. The standard InChI is InChI=1S/C58H96O19/c1-31-18-16-17-19-41(67-13)25-42(74-55(63)35(5)24-33(3)22-32(2)23-34(4)44(21-20-31)75-56-52(62)51(61)53(69-15)39(9)72-56)28-58(65)37(7)49(59)36(6)45(77-58)26-43(30-66-12)73-48-29-57(11,64)54(40(10)71-48)76-47-27-46(68-14)50(60)38(8)70-47/h18,20-24,34,36-54,56,59-62,64-65H,16-17,19,25-30H2,1-15H3/t34-,36+,37-,38-,39+,40+,41-,42+,43-,44-,45-,46-,47+,48+,49+,50-,51+,52+,53+,54+,56+,57+,58+/m1/s1. The first-order valence-corrected chi connectivity index (χ1v) is 27.7. The van der Waals surface area contributed by atoms with Crippen LogP contribution in [0.2, 0.25) is 0 Å². The molecule has 4 fully saturated rings. The molecule has 0 aliphatic carbocycles. The van der Waals surface area contributed by atoms with Crippen LogP contribution in [0.1, 0.15) is 128 Å². The van der Waals surface area contributed by atoms with E-state index in [1.165, 1.54) is 21.3 Å². The Morgan fingerprint density at radius 3 is 2.12 bits per heavy atom. The highest BCUT2D eigenvalue weighted by molar-refractivity contribution is 5.88. The summed E-state index contributed by atoms with van der Waals surface area (Å²) in [5.41, 5.74) is 1.54. The summed E-state index contributed by atoms with van der Waals surface area (Å²) in [6.07, 6.45) is 0.145. The van der Waals surface area contributed by atoms with Gasteiger partial charge in [0.2, 0.25) is 0 Å². The number of rotatable bonds is 15. The molecule has 0 amide bonds. The van der Waals surface area contributed by atoms with Gasteiger partial charge in [-0.15, -0.1) is 0 Å². The Bertz CT molecular complexity index is 2010. The first-order chi connectivity index (χ1) is 36.2. The van der Waals surface area contributed by atoms with Crippen molar-refractivity contribution >= 4 is 5.97 Å². The maximum atomic E-state index is 14.1. The number of carbonyl (C=O) groups is 1. The molecular formula is C58H96O19. The largest absolute Gasteiger partial charge is 0.459 e. The van der Waals surface area contributed by atoms with Crippen molar-refractivity contribution in [3.8, 4) is 0 Å². The molecule has 5 heterocycles. The van der Waals surface area contributed by atoms with E-state index in [1.54, 1.807) is 54.7 Å².